The lowest BCUT2D eigenvalue weighted by atomic mass is 10.1. The van der Waals surface area contributed by atoms with E-state index in [1.54, 1.807) is 24.3 Å². The zero-order valence-corrected chi connectivity index (χ0v) is 20.4. The van der Waals surface area contributed by atoms with Gasteiger partial charge >= 0.3 is 0 Å². The summed E-state index contributed by atoms with van der Waals surface area (Å²) in [5.41, 5.74) is 15.0. The first kappa shape index (κ1) is 24.5. The SMILES string of the molecule is CN(C)CCS(=O)(=O)c1ccc(-c2cnc(N)c(-c3nnc(-c4ccc(CCN)cc4)o3)n2)cc1. The minimum absolute atomic E-state index is 0.0421. The molecule has 0 bridgehead atoms. The number of sulfone groups is 1. The van der Waals surface area contributed by atoms with Gasteiger partial charge in [-0.1, -0.05) is 24.3 Å². The molecule has 35 heavy (non-hydrogen) atoms. The third kappa shape index (κ3) is 5.70. The van der Waals surface area contributed by atoms with Gasteiger partial charge in [-0.2, -0.15) is 0 Å². The molecule has 0 saturated heterocycles. The molecule has 4 rings (SSSR count). The smallest absolute Gasteiger partial charge is 0.270 e. The summed E-state index contributed by atoms with van der Waals surface area (Å²) >= 11 is 0. The summed E-state index contributed by atoms with van der Waals surface area (Å²) in [6, 6.07) is 14.2. The predicted octanol–water partition coefficient (Wildman–Crippen LogP) is 2.28. The van der Waals surface area contributed by atoms with Gasteiger partial charge in [-0.15, -0.1) is 10.2 Å². The third-order valence-corrected chi connectivity index (χ3v) is 7.09. The van der Waals surface area contributed by atoms with Crippen molar-refractivity contribution in [3.8, 4) is 34.3 Å². The van der Waals surface area contributed by atoms with Gasteiger partial charge in [0.05, 0.1) is 22.5 Å². The van der Waals surface area contributed by atoms with Crippen LogP contribution in [0.4, 0.5) is 5.82 Å². The number of nitrogen functional groups attached to an aromatic ring is 1. The Hall–Kier alpha value is -3.67. The van der Waals surface area contributed by atoms with Crippen molar-refractivity contribution in [3.63, 3.8) is 0 Å². The summed E-state index contributed by atoms with van der Waals surface area (Å²) in [6.45, 7) is 1.02. The van der Waals surface area contributed by atoms with Crippen LogP contribution in [0.1, 0.15) is 5.56 Å². The third-order valence-electron chi connectivity index (χ3n) is 5.38. The van der Waals surface area contributed by atoms with E-state index in [-0.39, 0.29) is 28.1 Å². The molecule has 2 heterocycles. The van der Waals surface area contributed by atoms with Crippen LogP contribution in [0.2, 0.25) is 0 Å². The van der Waals surface area contributed by atoms with Gasteiger partial charge in [0, 0.05) is 17.7 Å². The van der Waals surface area contributed by atoms with Gasteiger partial charge in [-0.3, -0.25) is 0 Å². The second kappa shape index (κ2) is 10.3. The highest BCUT2D eigenvalue weighted by Crippen LogP contribution is 2.28. The van der Waals surface area contributed by atoms with Gasteiger partial charge in [0.2, 0.25) is 5.89 Å². The molecule has 2 aromatic carbocycles. The van der Waals surface area contributed by atoms with E-state index in [4.69, 9.17) is 15.9 Å². The zero-order chi connectivity index (χ0) is 25.0. The Bertz CT molecular complexity index is 1400. The van der Waals surface area contributed by atoms with Crippen LogP contribution in [0.5, 0.6) is 0 Å². The molecule has 0 spiro atoms. The number of rotatable bonds is 9. The molecule has 2 aromatic heterocycles. The molecular weight excluding hydrogens is 466 g/mol. The molecule has 4 N–H and O–H groups in total. The molecule has 182 valence electrons. The van der Waals surface area contributed by atoms with Gasteiger partial charge in [0.1, 0.15) is 0 Å². The molecule has 4 aromatic rings. The Morgan fingerprint density at radius 3 is 2.26 bits per heavy atom. The van der Waals surface area contributed by atoms with Gasteiger partial charge in [0.15, 0.2) is 21.3 Å². The first-order valence-corrected chi connectivity index (χ1v) is 12.7. The number of nitrogens with zero attached hydrogens (tertiary/aromatic N) is 5. The zero-order valence-electron chi connectivity index (χ0n) is 19.5. The molecule has 0 aliphatic heterocycles. The molecule has 0 aliphatic carbocycles. The molecule has 11 heteroatoms. The number of hydrogen-bond acceptors (Lipinski definition) is 10. The van der Waals surface area contributed by atoms with Crippen molar-refractivity contribution in [2.24, 2.45) is 5.73 Å². The Kier molecular flexibility index (Phi) is 7.20. The van der Waals surface area contributed by atoms with Gasteiger partial charge in [-0.25, -0.2) is 18.4 Å². The van der Waals surface area contributed by atoms with E-state index in [1.165, 1.54) is 6.20 Å². The van der Waals surface area contributed by atoms with Gasteiger partial charge < -0.3 is 20.8 Å². The fourth-order valence-electron chi connectivity index (χ4n) is 3.36. The van der Waals surface area contributed by atoms with E-state index in [1.807, 2.05) is 43.3 Å². The summed E-state index contributed by atoms with van der Waals surface area (Å²) in [6.07, 6.45) is 2.30. The summed E-state index contributed by atoms with van der Waals surface area (Å²) in [7, 11) is 0.290. The van der Waals surface area contributed by atoms with Crippen molar-refractivity contribution in [2.45, 2.75) is 11.3 Å². The average Bonchev–Trinajstić information content (AvgIpc) is 3.34. The Morgan fingerprint density at radius 1 is 0.943 bits per heavy atom. The minimum Gasteiger partial charge on any atom is -0.414 e. The second-order valence-electron chi connectivity index (χ2n) is 8.28. The van der Waals surface area contributed by atoms with Crippen LogP contribution in [0, 0.1) is 0 Å². The monoisotopic (exact) mass is 493 g/mol. The highest BCUT2D eigenvalue weighted by molar-refractivity contribution is 7.91. The highest BCUT2D eigenvalue weighted by atomic mass is 32.2. The van der Waals surface area contributed by atoms with Crippen molar-refractivity contribution in [1.82, 2.24) is 25.1 Å². The van der Waals surface area contributed by atoms with E-state index < -0.39 is 9.84 Å². The van der Waals surface area contributed by atoms with Crippen molar-refractivity contribution in [1.29, 1.82) is 0 Å². The number of anilines is 1. The summed E-state index contributed by atoms with van der Waals surface area (Å²) in [5.74, 6) is 0.657. The van der Waals surface area contributed by atoms with E-state index in [0.717, 1.165) is 17.5 Å². The minimum atomic E-state index is -3.38. The molecular formula is C24H27N7O3S. The number of hydrogen-bond donors (Lipinski definition) is 2. The van der Waals surface area contributed by atoms with Crippen LogP contribution in [0.25, 0.3) is 34.3 Å². The fourth-order valence-corrected chi connectivity index (χ4v) is 4.76. The van der Waals surface area contributed by atoms with Crippen LogP contribution >= 0.6 is 0 Å². The fraction of sp³-hybridized carbons (Fsp3) is 0.250. The average molecular weight is 494 g/mol. The van der Waals surface area contributed by atoms with E-state index in [0.29, 0.717) is 30.2 Å². The molecule has 0 amide bonds. The summed E-state index contributed by atoms with van der Waals surface area (Å²) in [5, 5.41) is 8.21. The quantitative estimate of drug-likeness (QED) is 0.355. The maximum atomic E-state index is 12.5. The van der Waals surface area contributed by atoms with Crippen molar-refractivity contribution in [3.05, 3.63) is 60.3 Å². The Labute approximate surface area is 203 Å². The molecule has 0 saturated carbocycles. The normalized spacial score (nSPS) is 11.8. The van der Waals surface area contributed by atoms with Crippen LogP contribution in [-0.2, 0) is 16.3 Å². The van der Waals surface area contributed by atoms with Crippen molar-refractivity contribution in [2.75, 3.05) is 38.7 Å². The molecule has 0 aliphatic rings. The van der Waals surface area contributed by atoms with Gasteiger partial charge in [0.25, 0.3) is 5.89 Å². The number of nitrogens with two attached hydrogens (primary N) is 2. The molecule has 10 nitrogen and oxygen atoms in total. The van der Waals surface area contributed by atoms with Crippen molar-refractivity contribution >= 4 is 15.7 Å². The predicted molar refractivity (Wildman–Crippen MR) is 134 cm³/mol. The lowest BCUT2D eigenvalue weighted by molar-refractivity contribution is 0.432. The lowest BCUT2D eigenvalue weighted by Crippen LogP contribution is -2.21. The molecule has 0 atom stereocenters. The maximum absolute atomic E-state index is 12.5. The van der Waals surface area contributed by atoms with Crippen LogP contribution in [0.15, 0.2) is 64.0 Å². The summed E-state index contributed by atoms with van der Waals surface area (Å²) < 4.78 is 30.9. The largest absolute Gasteiger partial charge is 0.414 e. The highest BCUT2D eigenvalue weighted by Gasteiger charge is 2.18. The van der Waals surface area contributed by atoms with Crippen LogP contribution in [-0.4, -0.2) is 66.4 Å². The number of benzene rings is 2. The molecule has 0 unspecified atom stereocenters. The van der Waals surface area contributed by atoms with Crippen LogP contribution < -0.4 is 11.5 Å². The summed E-state index contributed by atoms with van der Waals surface area (Å²) in [4.78, 5) is 10.9. The van der Waals surface area contributed by atoms with Gasteiger partial charge in [-0.05, 0) is 56.9 Å². The van der Waals surface area contributed by atoms with E-state index >= 15 is 0 Å². The number of aromatic nitrogens is 4. The van der Waals surface area contributed by atoms with Crippen molar-refractivity contribution < 1.29 is 12.8 Å². The van der Waals surface area contributed by atoms with E-state index in [2.05, 4.69) is 20.2 Å². The van der Waals surface area contributed by atoms with E-state index in [9.17, 15) is 8.42 Å². The Balaban J connectivity index is 1.58. The lowest BCUT2D eigenvalue weighted by Gasteiger charge is -2.10. The topological polar surface area (TPSA) is 154 Å². The standard InChI is InChI=1S/C24H27N7O3S/c1-31(2)13-14-35(32,33)19-9-7-17(8-10-19)20-15-27-22(26)21(28-20)24-30-29-23(34-24)18-5-3-16(4-6-18)11-12-25/h3-10,15H,11-14,25H2,1-2H3,(H2,26,27). The molecule has 0 fully saturated rings. The van der Waals surface area contributed by atoms with Crippen LogP contribution in [0.3, 0.4) is 0 Å². The second-order valence-corrected chi connectivity index (χ2v) is 10.4. The first-order valence-electron chi connectivity index (χ1n) is 11.0. The molecule has 0 radical (unpaired) electrons. The first-order chi connectivity index (χ1) is 16.8. The Morgan fingerprint density at radius 2 is 1.60 bits per heavy atom. The maximum Gasteiger partial charge on any atom is 0.270 e.